The SMILES string of the molecule is CCOC(=O)CCN(CC)c1cccc(Cl)c1. The van der Waals surface area contributed by atoms with Crippen LogP contribution < -0.4 is 4.90 Å². The fourth-order valence-electron chi connectivity index (χ4n) is 1.60. The molecular formula is C13H18ClNO2. The maximum Gasteiger partial charge on any atom is 0.307 e. The van der Waals surface area contributed by atoms with Gasteiger partial charge in [0.15, 0.2) is 0 Å². The first-order chi connectivity index (χ1) is 8.17. The second-order valence-electron chi connectivity index (χ2n) is 3.61. The Morgan fingerprint density at radius 2 is 2.18 bits per heavy atom. The van der Waals surface area contributed by atoms with Crippen molar-refractivity contribution in [2.45, 2.75) is 20.3 Å². The average Bonchev–Trinajstić information content (AvgIpc) is 2.30. The molecule has 0 saturated heterocycles. The van der Waals surface area contributed by atoms with Crippen LogP contribution in [0, 0.1) is 0 Å². The van der Waals surface area contributed by atoms with E-state index in [0.29, 0.717) is 24.6 Å². The minimum Gasteiger partial charge on any atom is -0.466 e. The Balaban J connectivity index is 2.57. The molecule has 1 rings (SSSR count). The van der Waals surface area contributed by atoms with E-state index < -0.39 is 0 Å². The van der Waals surface area contributed by atoms with Crippen LogP contribution in [-0.4, -0.2) is 25.7 Å². The zero-order valence-electron chi connectivity index (χ0n) is 10.3. The molecule has 0 aliphatic carbocycles. The van der Waals surface area contributed by atoms with Gasteiger partial charge in [0, 0.05) is 23.8 Å². The van der Waals surface area contributed by atoms with Crippen LogP contribution in [0.1, 0.15) is 20.3 Å². The molecule has 0 aliphatic heterocycles. The first kappa shape index (κ1) is 13.8. The van der Waals surface area contributed by atoms with E-state index in [4.69, 9.17) is 16.3 Å². The van der Waals surface area contributed by atoms with E-state index in [1.807, 2.05) is 38.1 Å². The molecule has 0 fully saturated rings. The predicted molar refractivity (Wildman–Crippen MR) is 70.6 cm³/mol. The molecular weight excluding hydrogens is 238 g/mol. The number of nitrogens with zero attached hydrogens (tertiary/aromatic N) is 1. The molecule has 1 aromatic carbocycles. The van der Waals surface area contributed by atoms with Crippen molar-refractivity contribution in [1.82, 2.24) is 0 Å². The summed E-state index contributed by atoms with van der Waals surface area (Å²) in [5.74, 6) is -0.159. The van der Waals surface area contributed by atoms with E-state index in [0.717, 1.165) is 12.2 Å². The Labute approximate surface area is 107 Å². The lowest BCUT2D eigenvalue weighted by molar-refractivity contribution is -0.142. The van der Waals surface area contributed by atoms with Gasteiger partial charge in [0.1, 0.15) is 0 Å². The Kier molecular flexibility index (Phi) is 5.84. The molecule has 4 heteroatoms. The minimum absolute atomic E-state index is 0.159. The van der Waals surface area contributed by atoms with Crippen molar-refractivity contribution >= 4 is 23.3 Å². The van der Waals surface area contributed by atoms with Crippen LogP contribution in [0.4, 0.5) is 5.69 Å². The summed E-state index contributed by atoms with van der Waals surface area (Å²) in [6, 6.07) is 7.63. The second kappa shape index (κ2) is 7.17. The van der Waals surface area contributed by atoms with Gasteiger partial charge in [0.25, 0.3) is 0 Å². The molecule has 1 aromatic rings. The quantitative estimate of drug-likeness (QED) is 0.732. The zero-order valence-corrected chi connectivity index (χ0v) is 11.0. The van der Waals surface area contributed by atoms with Gasteiger partial charge in [-0.05, 0) is 32.0 Å². The van der Waals surface area contributed by atoms with Gasteiger partial charge in [0.2, 0.25) is 0 Å². The van der Waals surface area contributed by atoms with E-state index in [1.165, 1.54) is 0 Å². The van der Waals surface area contributed by atoms with Gasteiger partial charge in [0.05, 0.1) is 13.0 Å². The number of esters is 1. The first-order valence-corrected chi connectivity index (χ1v) is 6.21. The molecule has 0 N–H and O–H groups in total. The third-order valence-electron chi connectivity index (χ3n) is 2.45. The maximum atomic E-state index is 11.3. The molecule has 0 aromatic heterocycles. The zero-order chi connectivity index (χ0) is 12.7. The van der Waals surface area contributed by atoms with Crippen LogP contribution in [0.3, 0.4) is 0 Å². The lowest BCUT2D eigenvalue weighted by Crippen LogP contribution is -2.26. The molecule has 0 amide bonds. The number of carbonyl (C=O) groups excluding carboxylic acids is 1. The van der Waals surface area contributed by atoms with Crippen molar-refractivity contribution in [2.24, 2.45) is 0 Å². The Morgan fingerprint density at radius 1 is 1.41 bits per heavy atom. The van der Waals surface area contributed by atoms with Gasteiger partial charge < -0.3 is 9.64 Å². The fourth-order valence-corrected chi connectivity index (χ4v) is 1.79. The smallest absolute Gasteiger partial charge is 0.307 e. The molecule has 3 nitrogen and oxygen atoms in total. The summed E-state index contributed by atoms with van der Waals surface area (Å²) in [5, 5.41) is 0.706. The lowest BCUT2D eigenvalue weighted by atomic mass is 10.2. The molecule has 94 valence electrons. The van der Waals surface area contributed by atoms with Crippen LogP contribution in [0.2, 0.25) is 5.02 Å². The molecule has 0 radical (unpaired) electrons. The largest absolute Gasteiger partial charge is 0.466 e. The van der Waals surface area contributed by atoms with Gasteiger partial charge in [-0.3, -0.25) is 4.79 Å². The number of hydrogen-bond acceptors (Lipinski definition) is 3. The molecule has 17 heavy (non-hydrogen) atoms. The van der Waals surface area contributed by atoms with Crippen molar-refractivity contribution < 1.29 is 9.53 Å². The van der Waals surface area contributed by atoms with Crippen LogP contribution >= 0.6 is 11.6 Å². The monoisotopic (exact) mass is 255 g/mol. The third kappa shape index (κ3) is 4.65. The molecule has 0 bridgehead atoms. The summed E-state index contributed by atoms with van der Waals surface area (Å²) in [4.78, 5) is 13.4. The highest BCUT2D eigenvalue weighted by atomic mass is 35.5. The standard InChI is InChI=1S/C13H18ClNO2/c1-3-15(9-8-13(16)17-4-2)12-7-5-6-11(14)10-12/h5-7,10H,3-4,8-9H2,1-2H3. The van der Waals surface area contributed by atoms with Gasteiger partial charge in [-0.25, -0.2) is 0 Å². The molecule has 0 atom stereocenters. The minimum atomic E-state index is -0.159. The highest BCUT2D eigenvalue weighted by molar-refractivity contribution is 6.30. The van der Waals surface area contributed by atoms with Gasteiger partial charge in [-0.2, -0.15) is 0 Å². The fraction of sp³-hybridized carbons (Fsp3) is 0.462. The van der Waals surface area contributed by atoms with Gasteiger partial charge in [-0.15, -0.1) is 0 Å². The molecule has 0 heterocycles. The lowest BCUT2D eigenvalue weighted by Gasteiger charge is -2.22. The van der Waals surface area contributed by atoms with Crippen LogP contribution in [0.5, 0.6) is 0 Å². The Hall–Kier alpha value is -1.22. The van der Waals surface area contributed by atoms with Crippen LogP contribution in [-0.2, 0) is 9.53 Å². The van der Waals surface area contributed by atoms with Crippen molar-refractivity contribution in [1.29, 1.82) is 0 Å². The number of halogens is 1. The van der Waals surface area contributed by atoms with Gasteiger partial charge >= 0.3 is 5.97 Å². The number of anilines is 1. The van der Waals surface area contributed by atoms with E-state index in [9.17, 15) is 4.79 Å². The second-order valence-corrected chi connectivity index (χ2v) is 4.05. The van der Waals surface area contributed by atoms with Crippen LogP contribution in [0.15, 0.2) is 24.3 Å². The summed E-state index contributed by atoms with van der Waals surface area (Å²) in [7, 11) is 0. The maximum absolute atomic E-state index is 11.3. The summed E-state index contributed by atoms with van der Waals surface area (Å²) in [6.45, 7) is 5.77. The first-order valence-electron chi connectivity index (χ1n) is 5.83. The van der Waals surface area contributed by atoms with E-state index in [2.05, 4.69) is 4.90 Å². The van der Waals surface area contributed by atoms with Crippen LogP contribution in [0.25, 0.3) is 0 Å². The summed E-state index contributed by atoms with van der Waals surface area (Å²) < 4.78 is 4.90. The van der Waals surface area contributed by atoms with E-state index >= 15 is 0 Å². The average molecular weight is 256 g/mol. The van der Waals surface area contributed by atoms with E-state index in [-0.39, 0.29) is 5.97 Å². The van der Waals surface area contributed by atoms with Crippen molar-refractivity contribution in [2.75, 3.05) is 24.6 Å². The summed E-state index contributed by atoms with van der Waals surface area (Å²) in [6.07, 6.45) is 0.397. The number of rotatable bonds is 6. The third-order valence-corrected chi connectivity index (χ3v) is 2.68. The number of carbonyl (C=O) groups is 1. The number of benzene rings is 1. The van der Waals surface area contributed by atoms with Crippen molar-refractivity contribution in [3.8, 4) is 0 Å². The van der Waals surface area contributed by atoms with E-state index in [1.54, 1.807) is 0 Å². The molecule has 0 saturated carbocycles. The Morgan fingerprint density at radius 3 is 2.76 bits per heavy atom. The number of ether oxygens (including phenoxy) is 1. The predicted octanol–water partition coefficient (Wildman–Crippen LogP) is 3.12. The normalized spacial score (nSPS) is 10.1. The molecule has 0 spiro atoms. The van der Waals surface area contributed by atoms with Gasteiger partial charge in [-0.1, -0.05) is 17.7 Å². The highest BCUT2D eigenvalue weighted by Crippen LogP contribution is 2.19. The summed E-state index contributed by atoms with van der Waals surface area (Å²) in [5.41, 5.74) is 1.03. The molecule has 0 unspecified atom stereocenters. The molecule has 0 aliphatic rings. The Bertz CT molecular complexity index is 368. The topological polar surface area (TPSA) is 29.5 Å². The number of hydrogen-bond donors (Lipinski definition) is 0. The summed E-state index contributed by atoms with van der Waals surface area (Å²) >= 11 is 5.94. The highest BCUT2D eigenvalue weighted by Gasteiger charge is 2.08. The van der Waals surface area contributed by atoms with Crippen molar-refractivity contribution in [3.63, 3.8) is 0 Å². The van der Waals surface area contributed by atoms with Crippen molar-refractivity contribution in [3.05, 3.63) is 29.3 Å².